The first-order chi connectivity index (χ1) is 9.45. The first-order valence-corrected chi connectivity index (χ1v) is 6.39. The Kier molecular flexibility index (Phi) is 4.17. The van der Waals surface area contributed by atoms with Crippen molar-refractivity contribution in [1.29, 1.82) is 0 Å². The van der Waals surface area contributed by atoms with Crippen LogP contribution in [0.3, 0.4) is 0 Å². The summed E-state index contributed by atoms with van der Waals surface area (Å²) >= 11 is 0. The Morgan fingerprint density at radius 2 is 2.25 bits per heavy atom. The average Bonchev–Trinajstić information content (AvgIpc) is 2.78. The van der Waals surface area contributed by atoms with Crippen LogP contribution >= 0.6 is 0 Å². The Labute approximate surface area is 115 Å². The smallest absolute Gasteiger partial charge is 0.270 e. The number of alkyl halides is 2. The lowest BCUT2D eigenvalue weighted by molar-refractivity contribution is -0.385. The molecule has 20 heavy (non-hydrogen) atoms. The number of non-ortho nitro benzene ring substituents is 1. The van der Waals surface area contributed by atoms with Crippen molar-refractivity contribution < 1.29 is 18.8 Å². The molecule has 0 aromatic heterocycles. The maximum atomic E-state index is 13.1. The minimum Gasteiger partial charge on any atom is -0.394 e. The first kappa shape index (κ1) is 14.6. The monoisotopic (exact) mass is 286 g/mol. The van der Waals surface area contributed by atoms with Gasteiger partial charge in [-0.05, 0) is 18.4 Å². The van der Waals surface area contributed by atoms with E-state index in [4.69, 9.17) is 0 Å². The molecule has 2 rings (SSSR count). The van der Waals surface area contributed by atoms with Crippen LogP contribution in [0.25, 0.3) is 0 Å². The largest absolute Gasteiger partial charge is 0.394 e. The summed E-state index contributed by atoms with van der Waals surface area (Å²) in [5.74, 6) is 0.195. The van der Waals surface area contributed by atoms with Gasteiger partial charge in [0.2, 0.25) is 0 Å². The van der Waals surface area contributed by atoms with E-state index in [0.29, 0.717) is 6.54 Å². The SMILES string of the molecule is CC1CCN(c2ccc([N+](=O)[O-])cc2C(F)F)C1CO. The quantitative estimate of drug-likeness (QED) is 0.682. The van der Waals surface area contributed by atoms with E-state index in [1.807, 2.05) is 6.92 Å². The van der Waals surface area contributed by atoms with E-state index in [1.165, 1.54) is 12.1 Å². The van der Waals surface area contributed by atoms with Crippen LogP contribution in [0.2, 0.25) is 0 Å². The first-order valence-electron chi connectivity index (χ1n) is 6.39. The third-order valence-electron chi connectivity index (χ3n) is 3.84. The minimum absolute atomic E-state index is 0.124. The van der Waals surface area contributed by atoms with E-state index in [2.05, 4.69) is 0 Å². The molecule has 1 heterocycles. The fraction of sp³-hybridized carbons (Fsp3) is 0.538. The van der Waals surface area contributed by atoms with E-state index in [1.54, 1.807) is 4.90 Å². The standard InChI is InChI=1S/C13H16F2N2O3/c1-8-4-5-16(12(8)7-18)11-3-2-9(17(19)20)6-10(11)13(14)15/h2-3,6,8,12-13,18H,4-5,7H2,1H3. The summed E-state index contributed by atoms with van der Waals surface area (Å²) in [6.07, 6.45) is -2.00. The minimum atomic E-state index is -2.79. The van der Waals surface area contributed by atoms with E-state index >= 15 is 0 Å². The fourth-order valence-electron chi connectivity index (χ4n) is 2.68. The van der Waals surface area contributed by atoms with Crippen molar-refractivity contribution >= 4 is 11.4 Å². The Balaban J connectivity index is 2.43. The number of benzene rings is 1. The van der Waals surface area contributed by atoms with Crippen molar-refractivity contribution in [3.63, 3.8) is 0 Å². The summed E-state index contributed by atoms with van der Waals surface area (Å²) in [7, 11) is 0. The molecule has 2 unspecified atom stereocenters. The van der Waals surface area contributed by atoms with Gasteiger partial charge in [0.1, 0.15) is 0 Å². The topological polar surface area (TPSA) is 66.6 Å². The molecule has 7 heteroatoms. The van der Waals surface area contributed by atoms with Crippen LogP contribution in [0.1, 0.15) is 25.3 Å². The molecule has 5 nitrogen and oxygen atoms in total. The molecule has 0 aliphatic carbocycles. The lowest BCUT2D eigenvalue weighted by Crippen LogP contribution is -2.35. The van der Waals surface area contributed by atoms with Crippen LogP contribution < -0.4 is 4.90 Å². The Bertz CT molecular complexity index is 510. The number of anilines is 1. The zero-order chi connectivity index (χ0) is 14.9. The summed E-state index contributed by atoms with van der Waals surface area (Å²) in [6.45, 7) is 2.39. The molecular weight excluding hydrogens is 270 g/mol. The van der Waals surface area contributed by atoms with Gasteiger partial charge in [-0.3, -0.25) is 10.1 Å². The number of nitrogens with zero attached hydrogens (tertiary/aromatic N) is 2. The molecule has 1 fully saturated rings. The van der Waals surface area contributed by atoms with Gasteiger partial charge in [-0.1, -0.05) is 6.92 Å². The second kappa shape index (κ2) is 5.70. The second-order valence-corrected chi connectivity index (χ2v) is 5.01. The van der Waals surface area contributed by atoms with Crippen LogP contribution in [0.4, 0.5) is 20.2 Å². The molecule has 1 saturated heterocycles. The second-order valence-electron chi connectivity index (χ2n) is 5.01. The average molecular weight is 286 g/mol. The van der Waals surface area contributed by atoms with Crippen LogP contribution in [0.5, 0.6) is 0 Å². The van der Waals surface area contributed by atoms with Crippen LogP contribution in [0.15, 0.2) is 18.2 Å². The van der Waals surface area contributed by atoms with E-state index in [0.717, 1.165) is 12.5 Å². The van der Waals surface area contributed by atoms with Crippen molar-refractivity contribution in [2.45, 2.75) is 25.8 Å². The maximum Gasteiger partial charge on any atom is 0.270 e. The van der Waals surface area contributed by atoms with Gasteiger partial charge in [-0.2, -0.15) is 0 Å². The number of nitro benzene ring substituents is 1. The molecule has 0 bridgehead atoms. The normalized spacial score (nSPS) is 22.6. The molecule has 0 radical (unpaired) electrons. The predicted molar refractivity (Wildman–Crippen MR) is 70.1 cm³/mol. The lowest BCUT2D eigenvalue weighted by atomic mass is 10.0. The van der Waals surface area contributed by atoms with Crippen molar-refractivity contribution in [2.24, 2.45) is 5.92 Å². The highest BCUT2D eigenvalue weighted by Crippen LogP contribution is 2.37. The van der Waals surface area contributed by atoms with E-state index in [9.17, 15) is 24.0 Å². The highest BCUT2D eigenvalue weighted by Gasteiger charge is 2.33. The highest BCUT2D eigenvalue weighted by molar-refractivity contribution is 5.60. The van der Waals surface area contributed by atoms with Gasteiger partial charge in [0.15, 0.2) is 0 Å². The number of halogens is 2. The molecule has 0 amide bonds. The Morgan fingerprint density at radius 3 is 2.80 bits per heavy atom. The predicted octanol–water partition coefficient (Wildman–Crippen LogP) is 2.74. The molecule has 1 aliphatic rings. The lowest BCUT2D eigenvalue weighted by Gasteiger charge is -2.29. The van der Waals surface area contributed by atoms with Gasteiger partial charge in [-0.25, -0.2) is 8.78 Å². The number of nitro groups is 1. The van der Waals surface area contributed by atoms with Crippen molar-refractivity contribution in [1.82, 2.24) is 0 Å². The van der Waals surface area contributed by atoms with Gasteiger partial charge < -0.3 is 10.0 Å². The molecule has 2 atom stereocenters. The fourth-order valence-corrected chi connectivity index (χ4v) is 2.68. The third-order valence-corrected chi connectivity index (χ3v) is 3.84. The molecule has 1 N–H and O–H groups in total. The highest BCUT2D eigenvalue weighted by atomic mass is 19.3. The number of aliphatic hydroxyl groups is 1. The van der Waals surface area contributed by atoms with Gasteiger partial charge in [0.25, 0.3) is 12.1 Å². The Hall–Kier alpha value is -1.76. The molecule has 110 valence electrons. The molecule has 1 aromatic rings. The summed E-state index contributed by atoms with van der Waals surface area (Å²) < 4.78 is 26.3. The maximum absolute atomic E-state index is 13.1. The third kappa shape index (κ3) is 2.58. The van der Waals surface area contributed by atoms with Crippen molar-refractivity contribution in [3.8, 4) is 0 Å². The number of aliphatic hydroxyl groups excluding tert-OH is 1. The van der Waals surface area contributed by atoms with Gasteiger partial charge in [0.05, 0.1) is 17.6 Å². The van der Waals surface area contributed by atoms with E-state index < -0.39 is 11.3 Å². The summed E-state index contributed by atoms with van der Waals surface area (Å²) in [6, 6.07) is 3.25. The molecule has 0 spiro atoms. The summed E-state index contributed by atoms with van der Waals surface area (Å²) in [4.78, 5) is 11.7. The summed E-state index contributed by atoms with van der Waals surface area (Å²) in [5, 5.41) is 20.1. The number of rotatable bonds is 4. The van der Waals surface area contributed by atoms with Crippen LogP contribution in [-0.2, 0) is 0 Å². The van der Waals surface area contributed by atoms with Gasteiger partial charge in [0, 0.05) is 29.9 Å². The Morgan fingerprint density at radius 1 is 1.55 bits per heavy atom. The van der Waals surface area contributed by atoms with Crippen molar-refractivity contribution in [2.75, 3.05) is 18.1 Å². The van der Waals surface area contributed by atoms with Crippen LogP contribution in [-0.4, -0.2) is 29.2 Å². The number of hydrogen-bond donors (Lipinski definition) is 1. The zero-order valence-electron chi connectivity index (χ0n) is 11.0. The molecule has 1 aliphatic heterocycles. The molecule has 0 saturated carbocycles. The zero-order valence-corrected chi connectivity index (χ0v) is 11.0. The number of hydrogen-bond acceptors (Lipinski definition) is 4. The molecular formula is C13H16F2N2O3. The van der Waals surface area contributed by atoms with Crippen molar-refractivity contribution in [3.05, 3.63) is 33.9 Å². The van der Waals surface area contributed by atoms with Gasteiger partial charge >= 0.3 is 0 Å². The summed E-state index contributed by atoms with van der Waals surface area (Å²) in [5.41, 5.74) is -0.433. The van der Waals surface area contributed by atoms with E-state index in [-0.39, 0.29) is 35.5 Å². The van der Waals surface area contributed by atoms with Gasteiger partial charge in [-0.15, -0.1) is 0 Å². The van der Waals surface area contributed by atoms with Crippen LogP contribution in [0, 0.1) is 16.0 Å². The molecule has 1 aromatic carbocycles.